The van der Waals surface area contributed by atoms with Gasteiger partial charge in [0, 0.05) is 19.2 Å². The van der Waals surface area contributed by atoms with Crippen LogP contribution in [0, 0.1) is 18.8 Å². The molecular weight excluding hydrogens is 242 g/mol. The van der Waals surface area contributed by atoms with Crippen molar-refractivity contribution in [3.63, 3.8) is 0 Å². The molecule has 0 bridgehead atoms. The molecule has 1 aromatic rings. The number of carbonyl (C=O) groups is 1. The van der Waals surface area contributed by atoms with E-state index >= 15 is 0 Å². The van der Waals surface area contributed by atoms with Crippen LogP contribution in [-0.2, 0) is 4.79 Å². The highest BCUT2D eigenvalue weighted by Crippen LogP contribution is 2.08. The molecule has 108 valence electrons. The maximum atomic E-state index is 12.0. The number of nitrogens with one attached hydrogen (secondary N) is 1. The Labute approximate surface area is 115 Å². The third kappa shape index (κ3) is 6.38. The van der Waals surface area contributed by atoms with Crippen molar-refractivity contribution in [2.24, 2.45) is 11.8 Å². The van der Waals surface area contributed by atoms with Gasteiger partial charge in [-0.3, -0.25) is 9.69 Å². The average molecular weight is 267 g/mol. The predicted molar refractivity (Wildman–Crippen MR) is 76.0 cm³/mol. The average Bonchev–Trinajstić information content (AvgIpc) is 2.61. The molecule has 0 saturated carbocycles. The van der Waals surface area contributed by atoms with Gasteiger partial charge in [-0.05, 0) is 18.8 Å². The molecule has 0 aliphatic rings. The Hall–Kier alpha value is -1.36. The van der Waals surface area contributed by atoms with Gasteiger partial charge in [-0.15, -0.1) is 0 Å². The molecule has 1 heterocycles. The van der Waals surface area contributed by atoms with E-state index in [4.69, 9.17) is 4.52 Å². The second-order valence-corrected chi connectivity index (χ2v) is 5.85. The Morgan fingerprint density at radius 1 is 1.32 bits per heavy atom. The van der Waals surface area contributed by atoms with Crippen molar-refractivity contribution in [1.82, 2.24) is 10.1 Å². The zero-order valence-electron chi connectivity index (χ0n) is 12.6. The molecule has 0 fully saturated rings. The van der Waals surface area contributed by atoms with Crippen LogP contribution in [0.25, 0.3) is 0 Å². The molecule has 0 spiro atoms. The van der Waals surface area contributed by atoms with Crippen LogP contribution >= 0.6 is 0 Å². The predicted octanol–water partition coefficient (Wildman–Crippen LogP) is 2.54. The summed E-state index contributed by atoms with van der Waals surface area (Å²) >= 11 is 0. The highest BCUT2D eigenvalue weighted by atomic mass is 16.5. The second-order valence-electron chi connectivity index (χ2n) is 5.85. The van der Waals surface area contributed by atoms with Crippen LogP contribution in [0.5, 0.6) is 0 Å². The van der Waals surface area contributed by atoms with Crippen LogP contribution in [0.1, 0.15) is 33.5 Å². The monoisotopic (exact) mass is 267 g/mol. The van der Waals surface area contributed by atoms with E-state index in [-0.39, 0.29) is 5.91 Å². The van der Waals surface area contributed by atoms with Gasteiger partial charge < -0.3 is 9.84 Å². The lowest BCUT2D eigenvalue weighted by Gasteiger charge is -2.25. The molecule has 1 N–H and O–H groups in total. The van der Waals surface area contributed by atoms with E-state index in [9.17, 15) is 4.79 Å². The van der Waals surface area contributed by atoms with E-state index in [1.54, 1.807) is 13.0 Å². The smallest absolute Gasteiger partial charge is 0.239 e. The van der Waals surface area contributed by atoms with Crippen LogP contribution in [0.3, 0.4) is 0 Å². The van der Waals surface area contributed by atoms with Crippen molar-refractivity contribution in [3.05, 3.63) is 11.8 Å². The van der Waals surface area contributed by atoms with Crippen molar-refractivity contribution < 1.29 is 9.32 Å². The van der Waals surface area contributed by atoms with E-state index in [1.165, 1.54) is 0 Å². The molecule has 19 heavy (non-hydrogen) atoms. The SMILES string of the molecule is Cc1cc(NC(=O)CN(CC(C)C)CC(C)C)no1. The summed E-state index contributed by atoms with van der Waals surface area (Å²) in [6.07, 6.45) is 0. The van der Waals surface area contributed by atoms with Crippen molar-refractivity contribution in [2.45, 2.75) is 34.6 Å². The summed E-state index contributed by atoms with van der Waals surface area (Å²) in [6.45, 7) is 12.7. The fraction of sp³-hybridized carbons (Fsp3) is 0.714. The van der Waals surface area contributed by atoms with Gasteiger partial charge in [0.05, 0.1) is 6.54 Å². The first-order chi connectivity index (χ1) is 8.86. The van der Waals surface area contributed by atoms with Crippen LogP contribution in [-0.4, -0.2) is 35.6 Å². The van der Waals surface area contributed by atoms with Gasteiger partial charge in [-0.1, -0.05) is 32.9 Å². The van der Waals surface area contributed by atoms with Gasteiger partial charge in [-0.25, -0.2) is 0 Å². The number of nitrogens with zero attached hydrogens (tertiary/aromatic N) is 2. The molecule has 1 rings (SSSR count). The van der Waals surface area contributed by atoms with E-state index in [1.807, 2.05) is 0 Å². The lowest BCUT2D eigenvalue weighted by molar-refractivity contribution is -0.117. The molecule has 0 radical (unpaired) electrons. The summed E-state index contributed by atoms with van der Waals surface area (Å²) in [6, 6.07) is 1.72. The minimum atomic E-state index is -0.0467. The van der Waals surface area contributed by atoms with Gasteiger partial charge in [0.25, 0.3) is 0 Å². The third-order valence-electron chi connectivity index (χ3n) is 2.51. The maximum absolute atomic E-state index is 12.0. The van der Waals surface area contributed by atoms with Crippen molar-refractivity contribution in [1.29, 1.82) is 0 Å². The molecule has 0 unspecified atom stereocenters. The summed E-state index contributed by atoms with van der Waals surface area (Å²) in [4.78, 5) is 14.1. The van der Waals surface area contributed by atoms with Crippen molar-refractivity contribution in [3.8, 4) is 0 Å². The Morgan fingerprint density at radius 3 is 2.32 bits per heavy atom. The Kier molecular flexibility index (Phi) is 6.02. The van der Waals surface area contributed by atoms with Gasteiger partial charge in [0.1, 0.15) is 5.76 Å². The number of aryl methyl sites for hydroxylation is 1. The molecule has 0 saturated heterocycles. The third-order valence-corrected chi connectivity index (χ3v) is 2.51. The van der Waals surface area contributed by atoms with E-state index in [0.717, 1.165) is 13.1 Å². The minimum absolute atomic E-state index is 0.0467. The minimum Gasteiger partial charge on any atom is -0.360 e. The first kappa shape index (κ1) is 15.7. The molecule has 0 aromatic carbocycles. The first-order valence-electron chi connectivity index (χ1n) is 6.82. The summed E-state index contributed by atoms with van der Waals surface area (Å²) in [7, 11) is 0. The molecule has 5 heteroatoms. The lowest BCUT2D eigenvalue weighted by Crippen LogP contribution is -2.38. The quantitative estimate of drug-likeness (QED) is 0.824. The molecule has 1 amide bonds. The van der Waals surface area contributed by atoms with Crippen molar-refractivity contribution >= 4 is 11.7 Å². The summed E-state index contributed by atoms with van der Waals surface area (Å²) in [5.74, 6) is 2.21. The molecule has 1 aromatic heterocycles. The largest absolute Gasteiger partial charge is 0.360 e. The van der Waals surface area contributed by atoms with E-state index < -0.39 is 0 Å². The fourth-order valence-corrected chi connectivity index (χ4v) is 2.05. The van der Waals surface area contributed by atoms with Crippen LogP contribution in [0.15, 0.2) is 10.6 Å². The highest BCUT2D eigenvalue weighted by molar-refractivity contribution is 5.91. The zero-order chi connectivity index (χ0) is 14.4. The highest BCUT2D eigenvalue weighted by Gasteiger charge is 2.14. The number of anilines is 1. The normalized spacial score (nSPS) is 11.6. The van der Waals surface area contributed by atoms with Crippen LogP contribution in [0.2, 0.25) is 0 Å². The standard InChI is InChI=1S/C14H25N3O2/c1-10(2)7-17(8-11(3)4)9-14(18)15-13-6-12(5)19-16-13/h6,10-11H,7-9H2,1-5H3,(H,15,16,18). The zero-order valence-corrected chi connectivity index (χ0v) is 12.6. The van der Waals surface area contributed by atoms with Gasteiger partial charge in [0.15, 0.2) is 5.82 Å². The molecule has 0 atom stereocenters. The number of aromatic nitrogens is 1. The Balaban J connectivity index is 2.50. The topological polar surface area (TPSA) is 58.4 Å². The van der Waals surface area contributed by atoms with Crippen LogP contribution in [0.4, 0.5) is 5.82 Å². The number of hydrogen-bond donors (Lipinski definition) is 1. The molecular formula is C14H25N3O2. The first-order valence-corrected chi connectivity index (χ1v) is 6.82. The van der Waals surface area contributed by atoms with Crippen LogP contribution < -0.4 is 5.32 Å². The number of rotatable bonds is 7. The fourth-order valence-electron chi connectivity index (χ4n) is 2.05. The Bertz CT molecular complexity index is 389. The molecule has 5 nitrogen and oxygen atoms in total. The second kappa shape index (κ2) is 7.28. The number of carbonyl (C=O) groups excluding carboxylic acids is 1. The van der Waals surface area contributed by atoms with Crippen molar-refractivity contribution in [2.75, 3.05) is 25.0 Å². The van der Waals surface area contributed by atoms with Gasteiger partial charge in [0.2, 0.25) is 5.91 Å². The summed E-state index contributed by atoms with van der Waals surface area (Å²) in [5, 5.41) is 6.51. The summed E-state index contributed by atoms with van der Waals surface area (Å²) in [5.41, 5.74) is 0. The maximum Gasteiger partial charge on any atom is 0.239 e. The number of hydrogen-bond acceptors (Lipinski definition) is 4. The van der Waals surface area contributed by atoms with E-state index in [2.05, 4.69) is 43.1 Å². The molecule has 0 aliphatic carbocycles. The van der Waals surface area contributed by atoms with Gasteiger partial charge >= 0.3 is 0 Å². The Morgan fingerprint density at radius 2 is 1.89 bits per heavy atom. The van der Waals surface area contributed by atoms with E-state index in [0.29, 0.717) is 30.0 Å². The number of amides is 1. The van der Waals surface area contributed by atoms with Gasteiger partial charge in [-0.2, -0.15) is 0 Å². The lowest BCUT2D eigenvalue weighted by atomic mass is 10.1. The molecule has 0 aliphatic heterocycles. The summed E-state index contributed by atoms with van der Waals surface area (Å²) < 4.78 is 4.92.